The van der Waals surface area contributed by atoms with E-state index in [2.05, 4.69) is 0 Å². The fourth-order valence-electron chi connectivity index (χ4n) is 1.04. The summed E-state index contributed by atoms with van der Waals surface area (Å²) < 4.78 is 4.95. The molecule has 0 heterocycles. The molecule has 0 rings (SSSR count). The van der Waals surface area contributed by atoms with Crippen molar-refractivity contribution in [1.29, 1.82) is 0 Å². The van der Waals surface area contributed by atoms with E-state index in [0.717, 1.165) is 0 Å². The molecule has 0 saturated heterocycles. The first-order valence-corrected chi connectivity index (χ1v) is 4.60. The lowest BCUT2D eigenvalue weighted by Gasteiger charge is -2.30. The number of hydrogen-bond donors (Lipinski definition) is 2. The second-order valence-corrected chi connectivity index (χ2v) is 3.48. The van der Waals surface area contributed by atoms with Crippen molar-refractivity contribution >= 4 is 5.97 Å². The molecule has 0 spiro atoms. The topological polar surface area (TPSA) is 78.3 Å². The van der Waals surface area contributed by atoms with Crippen molar-refractivity contribution in [2.75, 3.05) is 19.7 Å². The molecule has 4 nitrogen and oxygen atoms in total. The average Bonchev–Trinajstić information content (AvgIpc) is 2.15. The first-order chi connectivity index (χ1) is 6.02. The standard InChI is InChI=1S/C9H20N2O2/c1-4-13-8(12)9(3,6-11)7(2)5-10/h7H,4-6,10-11H2,1-3H3. The summed E-state index contributed by atoms with van der Waals surface area (Å²) in [5.74, 6) is -0.216. The molecule has 0 aromatic heterocycles. The van der Waals surface area contributed by atoms with Crippen LogP contribution in [0, 0.1) is 11.3 Å². The van der Waals surface area contributed by atoms with Crippen LogP contribution < -0.4 is 11.5 Å². The maximum atomic E-state index is 11.5. The Labute approximate surface area is 79.6 Å². The lowest BCUT2D eigenvalue weighted by molar-refractivity contribution is -0.156. The molecule has 4 heteroatoms. The van der Waals surface area contributed by atoms with Gasteiger partial charge in [0.1, 0.15) is 0 Å². The number of ether oxygens (including phenoxy) is 1. The molecule has 0 aliphatic carbocycles. The van der Waals surface area contributed by atoms with E-state index in [-0.39, 0.29) is 18.4 Å². The molecule has 78 valence electrons. The van der Waals surface area contributed by atoms with Gasteiger partial charge in [-0.3, -0.25) is 4.79 Å². The summed E-state index contributed by atoms with van der Waals surface area (Å²) in [5.41, 5.74) is 10.4. The number of hydrogen-bond acceptors (Lipinski definition) is 4. The van der Waals surface area contributed by atoms with Gasteiger partial charge in [0.15, 0.2) is 0 Å². The van der Waals surface area contributed by atoms with Gasteiger partial charge in [0.25, 0.3) is 0 Å². The monoisotopic (exact) mass is 188 g/mol. The third-order valence-electron chi connectivity index (χ3n) is 2.61. The van der Waals surface area contributed by atoms with Crippen LogP contribution >= 0.6 is 0 Å². The van der Waals surface area contributed by atoms with Gasteiger partial charge in [0.05, 0.1) is 12.0 Å². The van der Waals surface area contributed by atoms with Crippen LogP contribution in [0.4, 0.5) is 0 Å². The number of carbonyl (C=O) groups excluding carboxylic acids is 1. The van der Waals surface area contributed by atoms with E-state index in [1.165, 1.54) is 0 Å². The molecule has 0 aliphatic heterocycles. The summed E-state index contributed by atoms with van der Waals surface area (Å²) >= 11 is 0. The number of nitrogens with two attached hydrogens (primary N) is 2. The fourth-order valence-corrected chi connectivity index (χ4v) is 1.04. The van der Waals surface area contributed by atoms with Crippen LogP contribution in [0.3, 0.4) is 0 Å². The summed E-state index contributed by atoms with van der Waals surface area (Å²) in [4.78, 5) is 11.5. The quantitative estimate of drug-likeness (QED) is 0.600. The van der Waals surface area contributed by atoms with Crippen LogP contribution in [0.2, 0.25) is 0 Å². The van der Waals surface area contributed by atoms with Crippen LogP contribution in [0.15, 0.2) is 0 Å². The molecule has 13 heavy (non-hydrogen) atoms. The average molecular weight is 188 g/mol. The highest BCUT2D eigenvalue weighted by atomic mass is 16.5. The highest BCUT2D eigenvalue weighted by Crippen LogP contribution is 2.26. The number of carbonyl (C=O) groups is 1. The highest BCUT2D eigenvalue weighted by molar-refractivity contribution is 5.77. The fraction of sp³-hybridized carbons (Fsp3) is 0.889. The molecule has 0 aliphatic rings. The molecule has 0 bridgehead atoms. The Morgan fingerprint density at radius 2 is 2.08 bits per heavy atom. The maximum Gasteiger partial charge on any atom is 0.313 e. The van der Waals surface area contributed by atoms with Gasteiger partial charge in [-0.25, -0.2) is 0 Å². The highest BCUT2D eigenvalue weighted by Gasteiger charge is 2.38. The third kappa shape index (κ3) is 2.67. The Morgan fingerprint density at radius 1 is 1.54 bits per heavy atom. The van der Waals surface area contributed by atoms with E-state index in [1.54, 1.807) is 13.8 Å². The van der Waals surface area contributed by atoms with Crippen molar-refractivity contribution in [3.05, 3.63) is 0 Å². The van der Waals surface area contributed by atoms with Gasteiger partial charge in [-0.15, -0.1) is 0 Å². The molecule has 0 saturated carbocycles. The Balaban J connectivity index is 4.51. The lowest BCUT2D eigenvalue weighted by Crippen LogP contribution is -2.45. The summed E-state index contributed by atoms with van der Waals surface area (Å²) in [7, 11) is 0. The molecule has 4 N–H and O–H groups in total. The molecular weight excluding hydrogens is 168 g/mol. The Hall–Kier alpha value is -0.610. The third-order valence-corrected chi connectivity index (χ3v) is 2.61. The van der Waals surface area contributed by atoms with E-state index in [0.29, 0.717) is 13.2 Å². The SMILES string of the molecule is CCOC(=O)C(C)(CN)C(C)CN. The number of rotatable bonds is 5. The minimum atomic E-state index is -0.648. The van der Waals surface area contributed by atoms with Gasteiger partial charge in [-0.1, -0.05) is 6.92 Å². The van der Waals surface area contributed by atoms with Gasteiger partial charge in [0.2, 0.25) is 0 Å². The molecule has 0 amide bonds. The zero-order valence-corrected chi connectivity index (χ0v) is 8.67. The molecule has 0 fully saturated rings. The minimum absolute atomic E-state index is 0.0385. The molecule has 0 aromatic carbocycles. The summed E-state index contributed by atoms with van der Waals surface area (Å²) in [5, 5.41) is 0. The maximum absolute atomic E-state index is 11.5. The van der Waals surface area contributed by atoms with E-state index in [1.807, 2.05) is 6.92 Å². The van der Waals surface area contributed by atoms with Gasteiger partial charge in [-0.2, -0.15) is 0 Å². The predicted octanol–water partition coefficient (Wildman–Crippen LogP) is 0.109. The smallest absolute Gasteiger partial charge is 0.313 e. The zero-order chi connectivity index (χ0) is 10.5. The van der Waals surface area contributed by atoms with Crippen LogP contribution in [-0.2, 0) is 9.53 Å². The lowest BCUT2D eigenvalue weighted by atomic mass is 9.78. The van der Waals surface area contributed by atoms with Crippen LogP contribution in [0.25, 0.3) is 0 Å². The van der Waals surface area contributed by atoms with Gasteiger partial charge in [-0.05, 0) is 26.3 Å². The van der Waals surface area contributed by atoms with Crippen molar-refractivity contribution in [2.45, 2.75) is 20.8 Å². The van der Waals surface area contributed by atoms with Gasteiger partial charge < -0.3 is 16.2 Å². The summed E-state index contributed by atoms with van der Waals surface area (Å²) in [6.07, 6.45) is 0. The van der Waals surface area contributed by atoms with Crippen LogP contribution in [0.1, 0.15) is 20.8 Å². The predicted molar refractivity (Wildman–Crippen MR) is 52.0 cm³/mol. The molecule has 2 unspecified atom stereocenters. The summed E-state index contributed by atoms with van der Waals surface area (Å²) in [6.45, 7) is 6.57. The molecule has 2 atom stereocenters. The van der Waals surface area contributed by atoms with Crippen molar-refractivity contribution in [3.8, 4) is 0 Å². The van der Waals surface area contributed by atoms with Gasteiger partial charge >= 0.3 is 5.97 Å². The van der Waals surface area contributed by atoms with Crippen LogP contribution in [-0.4, -0.2) is 25.7 Å². The second-order valence-electron chi connectivity index (χ2n) is 3.48. The van der Waals surface area contributed by atoms with E-state index < -0.39 is 5.41 Å². The molecule has 0 aromatic rings. The van der Waals surface area contributed by atoms with E-state index in [9.17, 15) is 4.79 Å². The van der Waals surface area contributed by atoms with E-state index >= 15 is 0 Å². The first kappa shape index (κ1) is 12.4. The second kappa shape index (κ2) is 5.19. The Bertz CT molecular complexity index is 173. The zero-order valence-electron chi connectivity index (χ0n) is 8.67. The largest absolute Gasteiger partial charge is 0.466 e. The molecule has 0 radical (unpaired) electrons. The van der Waals surface area contributed by atoms with Crippen molar-refractivity contribution in [1.82, 2.24) is 0 Å². The summed E-state index contributed by atoms with van der Waals surface area (Å²) in [6, 6.07) is 0. The minimum Gasteiger partial charge on any atom is -0.466 e. The Kier molecular flexibility index (Phi) is 4.95. The van der Waals surface area contributed by atoms with Crippen molar-refractivity contribution in [2.24, 2.45) is 22.8 Å². The molecular formula is C9H20N2O2. The van der Waals surface area contributed by atoms with Gasteiger partial charge in [0, 0.05) is 6.54 Å². The van der Waals surface area contributed by atoms with Crippen LogP contribution in [0.5, 0.6) is 0 Å². The normalized spacial score (nSPS) is 17.6. The van der Waals surface area contributed by atoms with E-state index in [4.69, 9.17) is 16.2 Å². The Morgan fingerprint density at radius 3 is 2.38 bits per heavy atom. The first-order valence-electron chi connectivity index (χ1n) is 4.60. The number of esters is 1. The van der Waals surface area contributed by atoms with Crippen molar-refractivity contribution < 1.29 is 9.53 Å². The van der Waals surface area contributed by atoms with Crippen molar-refractivity contribution in [3.63, 3.8) is 0 Å².